The average molecular weight is 163 g/mol. The molecule has 57 valence electrons. The molecule has 0 aromatic carbocycles. The molecule has 0 saturated carbocycles. The van der Waals surface area contributed by atoms with E-state index < -0.39 is 12.9 Å². The monoisotopic (exact) mass is 163 g/mol. The van der Waals surface area contributed by atoms with Gasteiger partial charge in [0.25, 0.3) is 0 Å². The molecule has 1 rings (SSSR count). The van der Waals surface area contributed by atoms with Crippen LogP contribution in [0.5, 0.6) is 0 Å². The third-order valence-corrected chi connectivity index (χ3v) is 2.98. The molecule has 10 heavy (non-hydrogen) atoms. The molecule has 0 heterocycles. The summed E-state index contributed by atoms with van der Waals surface area (Å²) < 4.78 is 10.5. The molecule has 4 nitrogen and oxygen atoms in total. The lowest BCUT2D eigenvalue weighted by molar-refractivity contribution is 0.145. The van der Waals surface area contributed by atoms with Gasteiger partial charge in [0.15, 0.2) is 5.34 Å². The molecule has 0 saturated heterocycles. The molecular weight excluding hydrogens is 155 g/mol. The van der Waals surface area contributed by atoms with Crippen molar-refractivity contribution in [2.24, 2.45) is 0 Å². The highest BCUT2D eigenvalue weighted by Crippen LogP contribution is 2.58. The molecule has 1 unspecified atom stereocenters. The maximum Gasteiger partial charge on any atom is 0.361 e. The van der Waals surface area contributed by atoms with Crippen LogP contribution < -0.4 is 0 Å². The summed E-state index contributed by atoms with van der Waals surface area (Å²) in [5.41, 5.74) is 0.306. The van der Waals surface area contributed by atoms with Crippen LogP contribution in [0.3, 0.4) is 0 Å². The zero-order chi connectivity index (χ0) is 7.99. The van der Waals surface area contributed by atoms with Crippen LogP contribution in [0.1, 0.15) is 6.92 Å². The number of hydrogen-bond acceptors (Lipinski definition) is 2. The molecule has 3 N–H and O–H groups in total. The van der Waals surface area contributed by atoms with E-state index in [0.29, 0.717) is 5.57 Å². The van der Waals surface area contributed by atoms with Gasteiger partial charge < -0.3 is 14.9 Å². The smallest absolute Gasteiger partial charge is 0.361 e. The lowest BCUT2D eigenvalue weighted by Crippen LogP contribution is -2.36. The van der Waals surface area contributed by atoms with Crippen LogP contribution in [-0.2, 0) is 4.57 Å². The molecule has 0 spiro atoms. The molecule has 1 atom stereocenters. The van der Waals surface area contributed by atoms with E-state index in [-0.39, 0.29) is 0 Å². The quantitative estimate of drug-likeness (QED) is 0.476. The minimum atomic E-state index is -4.41. The first-order chi connectivity index (χ1) is 4.38. The Labute approximate surface area is 58.3 Å². The van der Waals surface area contributed by atoms with E-state index in [1.807, 2.05) is 0 Å². The fourth-order valence-electron chi connectivity index (χ4n) is 0.726. The highest BCUT2D eigenvalue weighted by atomic mass is 31.2. The van der Waals surface area contributed by atoms with Crippen LogP contribution in [-0.4, -0.2) is 20.2 Å². The third-order valence-electron chi connectivity index (χ3n) is 1.59. The molecule has 1 aliphatic carbocycles. The highest BCUT2D eigenvalue weighted by Gasteiger charge is 2.50. The summed E-state index contributed by atoms with van der Waals surface area (Å²) in [5, 5.41) is 7.15. The summed E-state index contributed by atoms with van der Waals surface area (Å²) in [6, 6.07) is 0. The van der Waals surface area contributed by atoms with Crippen molar-refractivity contribution in [2.75, 3.05) is 0 Å². The van der Waals surface area contributed by atoms with Gasteiger partial charge >= 0.3 is 7.60 Å². The summed E-state index contributed by atoms with van der Waals surface area (Å²) in [5.74, 6) is 0. The molecular formula is C5H8O4P. The van der Waals surface area contributed by atoms with E-state index in [4.69, 9.17) is 14.9 Å². The fraction of sp³-hybridized carbons (Fsp3) is 0.400. The lowest BCUT2D eigenvalue weighted by atomic mass is 9.96. The molecule has 5 heteroatoms. The summed E-state index contributed by atoms with van der Waals surface area (Å²) in [6.45, 7) is 1.47. The Morgan fingerprint density at radius 2 is 2.10 bits per heavy atom. The number of hydrogen-bond donors (Lipinski definition) is 3. The fourth-order valence-corrected chi connectivity index (χ4v) is 1.53. The maximum atomic E-state index is 10.5. The first kappa shape index (κ1) is 7.95. The predicted molar refractivity (Wildman–Crippen MR) is 35.1 cm³/mol. The van der Waals surface area contributed by atoms with E-state index in [1.54, 1.807) is 0 Å². The van der Waals surface area contributed by atoms with Crippen molar-refractivity contribution >= 4 is 7.60 Å². The van der Waals surface area contributed by atoms with Crippen LogP contribution in [0.15, 0.2) is 11.6 Å². The van der Waals surface area contributed by atoms with E-state index in [9.17, 15) is 4.57 Å². The van der Waals surface area contributed by atoms with Crippen LogP contribution in [0, 0.1) is 6.42 Å². The molecule has 1 radical (unpaired) electrons. The first-order valence-corrected chi connectivity index (χ1v) is 4.30. The minimum absolute atomic E-state index is 0.306. The Morgan fingerprint density at radius 3 is 2.10 bits per heavy atom. The molecule has 0 fully saturated rings. The van der Waals surface area contributed by atoms with Crippen LogP contribution in [0.25, 0.3) is 0 Å². The van der Waals surface area contributed by atoms with Gasteiger partial charge in [0, 0.05) is 6.42 Å². The number of rotatable bonds is 1. The molecule has 0 amide bonds. The van der Waals surface area contributed by atoms with Gasteiger partial charge in [-0.25, -0.2) is 0 Å². The zero-order valence-corrected chi connectivity index (χ0v) is 6.25. The minimum Gasteiger partial charge on any atom is -0.373 e. The second-order valence-electron chi connectivity index (χ2n) is 2.29. The second kappa shape index (κ2) is 1.92. The Balaban J connectivity index is 2.95. The van der Waals surface area contributed by atoms with Crippen molar-refractivity contribution in [3.63, 3.8) is 0 Å². The van der Waals surface area contributed by atoms with Gasteiger partial charge in [-0.1, -0.05) is 6.08 Å². The van der Waals surface area contributed by atoms with Crippen molar-refractivity contribution in [3.8, 4) is 0 Å². The van der Waals surface area contributed by atoms with Crippen molar-refractivity contribution < 1.29 is 19.5 Å². The Morgan fingerprint density at radius 1 is 1.60 bits per heavy atom. The van der Waals surface area contributed by atoms with Crippen LogP contribution >= 0.6 is 7.60 Å². The molecule has 0 aromatic rings. The summed E-state index contributed by atoms with van der Waals surface area (Å²) >= 11 is 0. The Hall–Kier alpha value is -0.150. The van der Waals surface area contributed by atoms with Gasteiger partial charge in [-0.2, -0.15) is 0 Å². The van der Waals surface area contributed by atoms with Gasteiger partial charge in [-0.05, 0) is 12.5 Å². The van der Waals surface area contributed by atoms with Gasteiger partial charge in [0.1, 0.15) is 0 Å². The largest absolute Gasteiger partial charge is 0.373 e. The Kier molecular flexibility index (Phi) is 1.53. The summed E-state index contributed by atoms with van der Waals surface area (Å²) in [7, 11) is -4.41. The van der Waals surface area contributed by atoms with Crippen LogP contribution in [0.2, 0.25) is 0 Å². The standard InChI is InChI=1S/C5H8O4P/c1-4-2-3-5(4,6)10(7,8)9/h2-3,6H,1H3,(H2,7,8,9). The second-order valence-corrected chi connectivity index (χ2v) is 4.06. The van der Waals surface area contributed by atoms with Crippen LogP contribution in [0.4, 0.5) is 0 Å². The average Bonchev–Trinajstić information content (AvgIpc) is 1.80. The molecule has 0 aromatic heterocycles. The molecule has 0 aliphatic heterocycles. The van der Waals surface area contributed by atoms with E-state index >= 15 is 0 Å². The Bertz CT molecular complexity index is 228. The maximum absolute atomic E-state index is 10.5. The zero-order valence-electron chi connectivity index (χ0n) is 5.35. The van der Waals surface area contributed by atoms with Gasteiger partial charge in [-0.3, -0.25) is 4.57 Å². The number of aliphatic hydroxyl groups is 1. The van der Waals surface area contributed by atoms with Gasteiger partial charge in [0.2, 0.25) is 0 Å². The van der Waals surface area contributed by atoms with E-state index in [1.165, 1.54) is 13.0 Å². The van der Waals surface area contributed by atoms with E-state index in [2.05, 4.69) is 0 Å². The van der Waals surface area contributed by atoms with Gasteiger partial charge in [0.05, 0.1) is 0 Å². The highest BCUT2D eigenvalue weighted by molar-refractivity contribution is 7.54. The topological polar surface area (TPSA) is 77.8 Å². The molecule has 0 bridgehead atoms. The predicted octanol–water partition coefficient (Wildman–Crippen LogP) is 0.0169. The SMILES string of the molecule is CC1=C[CH]C1(O)P(=O)(O)O. The van der Waals surface area contributed by atoms with Gasteiger partial charge in [-0.15, -0.1) is 0 Å². The first-order valence-electron chi connectivity index (χ1n) is 2.69. The van der Waals surface area contributed by atoms with Crippen molar-refractivity contribution in [1.29, 1.82) is 0 Å². The van der Waals surface area contributed by atoms with Crippen molar-refractivity contribution in [1.82, 2.24) is 0 Å². The van der Waals surface area contributed by atoms with E-state index in [0.717, 1.165) is 6.42 Å². The summed E-state index contributed by atoms with van der Waals surface area (Å²) in [4.78, 5) is 17.1. The van der Waals surface area contributed by atoms with Crippen molar-refractivity contribution in [2.45, 2.75) is 12.3 Å². The lowest BCUT2D eigenvalue weighted by Gasteiger charge is -2.34. The summed E-state index contributed by atoms with van der Waals surface area (Å²) in [6.07, 6.45) is 2.57. The third kappa shape index (κ3) is 0.847. The normalized spacial score (nSPS) is 33.0. The van der Waals surface area contributed by atoms with Crippen molar-refractivity contribution in [3.05, 3.63) is 18.1 Å². The molecule has 1 aliphatic rings.